The van der Waals surface area contributed by atoms with Gasteiger partial charge in [-0.25, -0.2) is 0 Å². The van der Waals surface area contributed by atoms with E-state index < -0.39 is 0 Å². The second kappa shape index (κ2) is 3.10. The average Bonchev–Trinajstić information content (AvgIpc) is 2.73. The van der Waals surface area contributed by atoms with Crippen molar-refractivity contribution in [2.75, 3.05) is 13.2 Å². The zero-order valence-electron chi connectivity index (χ0n) is 9.64. The summed E-state index contributed by atoms with van der Waals surface area (Å²) in [6.07, 6.45) is 1.77. The molecular formula is C12H16N2O2. The molecule has 3 heterocycles. The van der Waals surface area contributed by atoms with Gasteiger partial charge in [-0.05, 0) is 26.0 Å². The summed E-state index contributed by atoms with van der Waals surface area (Å²) in [6.45, 7) is 6.17. The molecule has 4 heteroatoms. The van der Waals surface area contributed by atoms with Crippen molar-refractivity contribution in [1.82, 2.24) is 9.47 Å². The van der Waals surface area contributed by atoms with Crippen molar-refractivity contribution in [2.45, 2.75) is 32.0 Å². The molecule has 2 aliphatic rings. The lowest BCUT2D eigenvalue weighted by molar-refractivity contribution is -0.172. The molecule has 0 N–H and O–H groups in total. The van der Waals surface area contributed by atoms with Gasteiger partial charge in [-0.1, -0.05) is 0 Å². The molecule has 2 aliphatic heterocycles. The highest BCUT2D eigenvalue weighted by Gasteiger charge is 2.46. The van der Waals surface area contributed by atoms with Gasteiger partial charge in [0.25, 0.3) is 5.91 Å². The van der Waals surface area contributed by atoms with Crippen LogP contribution < -0.4 is 0 Å². The third-order valence-electron chi connectivity index (χ3n) is 3.77. The van der Waals surface area contributed by atoms with Crippen LogP contribution in [0.5, 0.6) is 0 Å². The number of carbonyl (C=O) groups is 1. The molecule has 2 atom stereocenters. The average molecular weight is 220 g/mol. The molecule has 0 saturated carbocycles. The SMILES string of the molecule is CC1OCC2(C)c3cccn3CCN2C1=O. The first-order valence-corrected chi connectivity index (χ1v) is 5.71. The summed E-state index contributed by atoms with van der Waals surface area (Å²) in [5.74, 6) is 0.112. The van der Waals surface area contributed by atoms with E-state index in [1.807, 2.05) is 17.9 Å². The highest BCUT2D eigenvalue weighted by atomic mass is 16.5. The number of aromatic nitrogens is 1. The highest BCUT2D eigenvalue weighted by molar-refractivity contribution is 5.82. The fourth-order valence-corrected chi connectivity index (χ4v) is 2.77. The van der Waals surface area contributed by atoms with Gasteiger partial charge in [0.05, 0.1) is 6.61 Å². The first kappa shape index (κ1) is 9.90. The van der Waals surface area contributed by atoms with Crippen molar-refractivity contribution in [3.05, 3.63) is 24.0 Å². The van der Waals surface area contributed by atoms with Gasteiger partial charge in [-0.15, -0.1) is 0 Å². The Balaban J connectivity index is 2.07. The van der Waals surface area contributed by atoms with E-state index in [1.165, 1.54) is 5.69 Å². The number of nitrogens with zero attached hydrogens (tertiary/aromatic N) is 2. The third-order valence-corrected chi connectivity index (χ3v) is 3.77. The standard InChI is InChI=1S/C12H16N2O2/c1-9-11(15)14-7-6-13-5-3-4-10(13)12(14,2)8-16-9/h3-5,9H,6-8H2,1-2H3. The maximum absolute atomic E-state index is 12.1. The summed E-state index contributed by atoms with van der Waals surface area (Å²) < 4.78 is 7.80. The van der Waals surface area contributed by atoms with Crippen LogP contribution in [0.2, 0.25) is 0 Å². The lowest BCUT2D eigenvalue weighted by Gasteiger charge is -2.49. The Bertz CT molecular complexity index is 440. The van der Waals surface area contributed by atoms with Crippen molar-refractivity contribution < 1.29 is 9.53 Å². The normalized spacial score (nSPS) is 33.5. The molecular weight excluding hydrogens is 204 g/mol. The third kappa shape index (κ3) is 1.11. The molecule has 1 fully saturated rings. The quantitative estimate of drug-likeness (QED) is 0.653. The van der Waals surface area contributed by atoms with E-state index in [4.69, 9.17) is 4.74 Å². The topological polar surface area (TPSA) is 34.5 Å². The summed E-state index contributed by atoms with van der Waals surface area (Å²) in [6, 6.07) is 4.12. The number of rotatable bonds is 0. The van der Waals surface area contributed by atoms with E-state index in [-0.39, 0.29) is 17.6 Å². The minimum Gasteiger partial charge on any atom is -0.366 e. The lowest BCUT2D eigenvalue weighted by atomic mass is 9.91. The van der Waals surface area contributed by atoms with Crippen molar-refractivity contribution in [3.8, 4) is 0 Å². The Morgan fingerprint density at radius 1 is 1.50 bits per heavy atom. The van der Waals surface area contributed by atoms with Crippen molar-refractivity contribution in [1.29, 1.82) is 0 Å². The van der Waals surface area contributed by atoms with Crippen LogP contribution in [-0.4, -0.2) is 34.6 Å². The number of ether oxygens (including phenoxy) is 1. The molecule has 86 valence electrons. The van der Waals surface area contributed by atoms with Crippen molar-refractivity contribution in [2.24, 2.45) is 0 Å². The molecule has 0 aromatic carbocycles. The van der Waals surface area contributed by atoms with E-state index in [1.54, 1.807) is 0 Å². The summed E-state index contributed by atoms with van der Waals surface area (Å²) in [4.78, 5) is 14.1. The molecule has 0 radical (unpaired) electrons. The van der Waals surface area contributed by atoms with Gasteiger partial charge >= 0.3 is 0 Å². The minimum atomic E-state index is -0.297. The Morgan fingerprint density at radius 2 is 2.31 bits per heavy atom. The monoisotopic (exact) mass is 220 g/mol. The summed E-state index contributed by atoms with van der Waals surface area (Å²) in [5.41, 5.74) is 0.893. The molecule has 3 rings (SSSR count). The van der Waals surface area contributed by atoms with E-state index >= 15 is 0 Å². The Hall–Kier alpha value is -1.29. The summed E-state index contributed by atoms with van der Waals surface area (Å²) >= 11 is 0. The second-order valence-corrected chi connectivity index (χ2v) is 4.80. The predicted octanol–water partition coefficient (Wildman–Crippen LogP) is 0.964. The first-order chi connectivity index (χ1) is 7.63. The maximum Gasteiger partial charge on any atom is 0.252 e. The molecule has 4 nitrogen and oxygen atoms in total. The van der Waals surface area contributed by atoms with Gasteiger partial charge in [-0.3, -0.25) is 4.79 Å². The molecule has 1 aromatic rings. The number of morpholine rings is 1. The molecule has 16 heavy (non-hydrogen) atoms. The van der Waals surface area contributed by atoms with Crippen LogP contribution in [0.1, 0.15) is 19.5 Å². The Kier molecular flexibility index (Phi) is 1.92. The number of hydrogen-bond acceptors (Lipinski definition) is 2. The Morgan fingerprint density at radius 3 is 3.12 bits per heavy atom. The molecule has 0 spiro atoms. The minimum absolute atomic E-state index is 0.112. The predicted molar refractivity (Wildman–Crippen MR) is 58.9 cm³/mol. The van der Waals surface area contributed by atoms with E-state index in [0.29, 0.717) is 6.61 Å². The number of amides is 1. The zero-order chi connectivity index (χ0) is 11.3. The van der Waals surface area contributed by atoms with E-state index in [2.05, 4.69) is 23.8 Å². The van der Waals surface area contributed by atoms with Crippen molar-refractivity contribution in [3.63, 3.8) is 0 Å². The van der Waals surface area contributed by atoms with Crippen LogP contribution in [-0.2, 0) is 21.6 Å². The van der Waals surface area contributed by atoms with Crippen LogP contribution in [0.15, 0.2) is 18.3 Å². The van der Waals surface area contributed by atoms with E-state index in [0.717, 1.165) is 13.1 Å². The largest absolute Gasteiger partial charge is 0.366 e. The van der Waals surface area contributed by atoms with Gasteiger partial charge in [0.2, 0.25) is 0 Å². The first-order valence-electron chi connectivity index (χ1n) is 5.71. The lowest BCUT2D eigenvalue weighted by Crippen LogP contribution is -2.61. The van der Waals surface area contributed by atoms with Crippen LogP contribution in [0.25, 0.3) is 0 Å². The number of fused-ring (bicyclic) bond motifs is 3. The number of hydrogen-bond donors (Lipinski definition) is 0. The summed E-state index contributed by atoms with van der Waals surface area (Å²) in [5, 5.41) is 0. The highest BCUT2D eigenvalue weighted by Crippen LogP contribution is 2.36. The van der Waals surface area contributed by atoms with Crippen LogP contribution >= 0.6 is 0 Å². The van der Waals surface area contributed by atoms with Gasteiger partial charge in [0, 0.05) is 25.0 Å². The smallest absolute Gasteiger partial charge is 0.252 e. The van der Waals surface area contributed by atoms with Crippen LogP contribution in [0, 0.1) is 0 Å². The Labute approximate surface area is 94.8 Å². The van der Waals surface area contributed by atoms with Gasteiger partial charge in [0.15, 0.2) is 0 Å². The van der Waals surface area contributed by atoms with Crippen LogP contribution in [0.3, 0.4) is 0 Å². The zero-order valence-corrected chi connectivity index (χ0v) is 9.64. The summed E-state index contributed by atoms with van der Waals surface area (Å²) in [7, 11) is 0. The van der Waals surface area contributed by atoms with Gasteiger partial charge in [-0.2, -0.15) is 0 Å². The molecule has 0 bridgehead atoms. The fraction of sp³-hybridized carbons (Fsp3) is 0.583. The van der Waals surface area contributed by atoms with E-state index in [9.17, 15) is 4.79 Å². The van der Waals surface area contributed by atoms with Crippen molar-refractivity contribution >= 4 is 5.91 Å². The molecule has 2 unspecified atom stereocenters. The number of carbonyl (C=O) groups excluding carboxylic acids is 1. The molecule has 1 aromatic heterocycles. The molecule has 1 amide bonds. The van der Waals surface area contributed by atoms with Crippen LogP contribution in [0.4, 0.5) is 0 Å². The molecule has 1 saturated heterocycles. The second-order valence-electron chi connectivity index (χ2n) is 4.80. The fourth-order valence-electron chi connectivity index (χ4n) is 2.77. The molecule has 0 aliphatic carbocycles. The maximum atomic E-state index is 12.1. The van der Waals surface area contributed by atoms with Gasteiger partial charge < -0.3 is 14.2 Å². The van der Waals surface area contributed by atoms with Gasteiger partial charge in [0.1, 0.15) is 11.6 Å².